The molecular weight excluding hydrogens is 290 g/mol. The molecule has 2 heterocycles. The minimum absolute atomic E-state index is 0.0731. The molecule has 0 aliphatic heterocycles. The van der Waals surface area contributed by atoms with Gasteiger partial charge in [-0.25, -0.2) is 0 Å². The predicted octanol–water partition coefficient (Wildman–Crippen LogP) is 2.70. The van der Waals surface area contributed by atoms with Gasteiger partial charge in [0.2, 0.25) is 0 Å². The number of nitrogens with zero attached hydrogens (tertiary/aromatic N) is 3. The number of aromatic nitrogens is 3. The minimum atomic E-state index is -0.896. The molecule has 0 saturated carbocycles. The summed E-state index contributed by atoms with van der Waals surface area (Å²) in [6.45, 7) is 0. The van der Waals surface area contributed by atoms with Gasteiger partial charge in [-0.2, -0.15) is 0 Å². The Morgan fingerprint density at radius 2 is 2.05 bits per heavy atom. The van der Waals surface area contributed by atoms with Gasteiger partial charge in [0.1, 0.15) is 6.26 Å². The van der Waals surface area contributed by atoms with Crippen molar-refractivity contribution in [2.24, 2.45) is 0 Å². The van der Waals surface area contributed by atoms with Crippen LogP contribution in [0, 0.1) is 0 Å². The Kier molecular flexibility index (Phi) is 3.74. The Bertz CT molecular complexity index is 738. The molecule has 0 atom stereocenters. The zero-order valence-electron chi connectivity index (χ0n) is 10.8. The van der Waals surface area contributed by atoms with Gasteiger partial charge in [0.15, 0.2) is 11.0 Å². The number of rotatable bonds is 5. The molecule has 3 aromatic rings. The minimum Gasteiger partial charge on any atom is -0.481 e. The number of aliphatic carboxylic acids is 1. The van der Waals surface area contributed by atoms with Gasteiger partial charge in [0.25, 0.3) is 0 Å². The molecule has 0 fully saturated rings. The molecule has 3 rings (SSSR count). The Labute approximate surface area is 124 Å². The first-order valence-corrected chi connectivity index (χ1v) is 7.12. The van der Waals surface area contributed by atoms with Crippen LogP contribution in [0.3, 0.4) is 0 Å². The van der Waals surface area contributed by atoms with Crippen molar-refractivity contribution in [3.05, 3.63) is 48.9 Å². The molecule has 0 saturated heterocycles. The maximum atomic E-state index is 10.8. The van der Waals surface area contributed by atoms with Crippen molar-refractivity contribution in [3.63, 3.8) is 0 Å². The second-order valence-electron chi connectivity index (χ2n) is 4.17. The first-order chi connectivity index (χ1) is 10.3. The van der Waals surface area contributed by atoms with Gasteiger partial charge in [-0.3, -0.25) is 9.36 Å². The zero-order valence-corrected chi connectivity index (χ0v) is 11.7. The normalized spacial score (nSPS) is 10.7. The molecule has 0 spiro atoms. The highest BCUT2D eigenvalue weighted by atomic mass is 32.2. The molecular formula is C14H11N3O3S. The summed E-state index contributed by atoms with van der Waals surface area (Å²) in [5.41, 5.74) is 1.65. The number of thioether (sulfide) groups is 1. The summed E-state index contributed by atoms with van der Waals surface area (Å²) in [4.78, 5) is 10.8. The van der Waals surface area contributed by atoms with Gasteiger partial charge in [-0.1, -0.05) is 30.0 Å². The lowest BCUT2D eigenvalue weighted by atomic mass is 10.3. The van der Waals surface area contributed by atoms with E-state index in [1.54, 1.807) is 18.6 Å². The number of hydrogen-bond donors (Lipinski definition) is 1. The summed E-state index contributed by atoms with van der Waals surface area (Å²) in [5, 5.41) is 17.6. The quantitative estimate of drug-likeness (QED) is 0.730. The SMILES string of the molecule is O=C(O)CSc1nnc(-c2ccoc2)n1-c1ccccc1. The van der Waals surface area contributed by atoms with Crippen LogP contribution in [-0.4, -0.2) is 31.6 Å². The van der Waals surface area contributed by atoms with Crippen molar-refractivity contribution in [1.29, 1.82) is 0 Å². The zero-order chi connectivity index (χ0) is 14.7. The van der Waals surface area contributed by atoms with Gasteiger partial charge in [-0.15, -0.1) is 10.2 Å². The van der Waals surface area contributed by atoms with E-state index in [0.29, 0.717) is 11.0 Å². The number of carboxylic acid groups (broad SMARTS) is 1. The Balaban J connectivity index is 2.08. The average molecular weight is 301 g/mol. The third-order valence-electron chi connectivity index (χ3n) is 2.75. The van der Waals surface area contributed by atoms with Crippen LogP contribution < -0.4 is 0 Å². The molecule has 0 unspecified atom stereocenters. The summed E-state index contributed by atoms with van der Waals surface area (Å²) in [6.07, 6.45) is 3.14. The molecule has 2 aromatic heterocycles. The highest BCUT2D eigenvalue weighted by molar-refractivity contribution is 7.99. The van der Waals surface area contributed by atoms with Gasteiger partial charge in [-0.05, 0) is 18.2 Å². The summed E-state index contributed by atoms with van der Waals surface area (Å²) >= 11 is 1.13. The molecule has 7 heteroatoms. The molecule has 1 aromatic carbocycles. The van der Waals surface area contributed by atoms with Crippen molar-refractivity contribution < 1.29 is 14.3 Å². The van der Waals surface area contributed by atoms with Gasteiger partial charge in [0, 0.05) is 5.69 Å². The molecule has 21 heavy (non-hydrogen) atoms. The average Bonchev–Trinajstić information content (AvgIpc) is 3.15. The maximum Gasteiger partial charge on any atom is 0.313 e. The van der Waals surface area contributed by atoms with Crippen molar-refractivity contribution in [1.82, 2.24) is 14.8 Å². The number of hydrogen-bond acceptors (Lipinski definition) is 5. The maximum absolute atomic E-state index is 10.8. The summed E-state index contributed by atoms with van der Waals surface area (Å²) < 4.78 is 6.90. The van der Waals surface area contributed by atoms with E-state index in [9.17, 15) is 4.79 Å². The molecule has 6 nitrogen and oxygen atoms in total. The van der Waals surface area contributed by atoms with Gasteiger partial charge >= 0.3 is 5.97 Å². The number of carbonyl (C=O) groups is 1. The van der Waals surface area contributed by atoms with E-state index in [1.165, 1.54) is 0 Å². The van der Waals surface area contributed by atoms with E-state index in [1.807, 2.05) is 34.9 Å². The molecule has 106 valence electrons. The van der Waals surface area contributed by atoms with Crippen LogP contribution in [0.5, 0.6) is 0 Å². The lowest BCUT2D eigenvalue weighted by molar-refractivity contribution is -0.133. The molecule has 0 radical (unpaired) electrons. The topological polar surface area (TPSA) is 81.2 Å². The van der Waals surface area contributed by atoms with E-state index < -0.39 is 5.97 Å². The van der Waals surface area contributed by atoms with Crippen LogP contribution >= 0.6 is 11.8 Å². The molecule has 0 bridgehead atoms. The first-order valence-electron chi connectivity index (χ1n) is 6.13. The van der Waals surface area contributed by atoms with Crippen LogP contribution in [-0.2, 0) is 4.79 Å². The fraction of sp³-hybridized carbons (Fsp3) is 0.0714. The number of furan rings is 1. The predicted molar refractivity (Wildman–Crippen MR) is 77.4 cm³/mol. The van der Waals surface area contributed by atoms with Crippen molar-refractivity contribution in [3.8, 4) is 17.1 Å². The second-order valence-corrected chi connectivity index (χ2v) is 5.11. The molecule has 0 amide bonds. The van der Waals surface area contributed by atoms with E-state index in [-0.39, 0.29) is 5.75 Å². The van der Waals surface area contributed by atoms with E-state index in [0.717, 1.165) is 23.0 Å². The summed E-state index contributed by atoms with van der Waals surface area (Å²) in [5.74, 6) is -0.355. The smallest absolute Gasteiger partial charge is 0.313 e. The first kappa shape index (κ1) is 13.4. The number of para-hydroxylation sites is 1. The lowest BCUT2D eigenvalue weighted by Gasteiger charge is -2.08. The molecule has 0 aliphatic rings. The van der Waals surface area contributed by atoms with Crippen LogP contribution in [0.15, 0.2) is 58.5 Å². The van der Waals surface area contributed by atoms with Crippen LogP contribution in [0.1, 0.15) is 0 Å². The van der Waals surface area contributed by atoms with Gasteiger partial charge in [0.05, 0.1) is 17.6 Å². The molecule has 0 aliphatic carbocycles. The monoisotopic (exact) mass is 301 g/mol. The summed E-state index contributed by atoms with van der Waals surface area (Å²) in [7, 11) is 0. The van der Waals surface area contributed by atoms with E-state index in [4.69, 9.17) is 9.52 Å². The lowest BCUT2D eigenvalue weighted by Crippen LogP contribution is -2.02. The van der Waals surface area contributed by atoms with Crippen molar-refractivity contribution >= 4 is 17.7 Å². The largest absolute Gasteiger partial charge is 0.481 e. The molecule has 1 N–H and O–H groups in total. The Hall–Kier alpha value is -2.54. The Morgan fingerprint density at radius 1 is 1.24 bits per heavy atom. The second kappa shape index (κ2) is 5.84. The highest BCUT2D eigenvalue weighted by Crippen LogP contribution is 2.27. The van der Waals surface area contributed by atoms with Gasteiger partial charge < -0.3 is 9.52 Å². The number of benzene rings is 1. The number of carboxylic acids is 1. The van der Waals surface area contributed by atoms with Crippen LogP contribution in [0.2, 0.25) is 0 Å². The van der Waals surface area contributed by atoms with Crippen molar-refractivity contribution in [2.75, 3.05) is 5.75 Å². The third-order valence-corrected chi connectivity index (χ3v) is 3.67. The highest BCUT2D eigenvalue weighted by Gasteiger charge is 2.17. The van der Waals surface area contributed by atoms with Crippen LogP contribution in [0.4, 0.5) is 0 Å². The van der Waals surface area contributed by atoms with E-state index >= 15 is 0 Å². The summed E-state index contributed by atoms with van der Waals surface area (Å²) in [6, 6.07) is 11.3. The standard InChI is InChI=1S/C14H11N3O3S/c18-12(19)9-21-14-16-15-13(10-6-7-20-8-10)17(14)11-4-2-1-3-5-11/h1-8H,9H2,(H,18,19). The fourth-order valence-corrected chi connectivity index (χ4v) is 2.55. The van der Waals surface area contributed by atoms with Crippen molar-refractivity contribution in [2.45, 2.75) is 5.16 Å². The Morgan fingerprint density at radius 3 is 2.71 bits per heavy atom. The van der Waals surface area contributed by atoms with Crippen LogP contribution in [0.25, 0.3) is 17.1 Å². The third kappa shape index (κ3) is 2.82. The fourth-order valence-electron chi connectivity index (χ4n) is 1.88. The van der Waals surface area contributed by atoms with E-state index in [2.05, 4.69) is 10.2 Å².